The van der Waals surface area contributed by atoms with Gasteiger partial charge in [0.15, 0.2) is 0 Å². The van der Waals surface area contributed by atoms with E-state index in [1.807, 2.05) is 24.3 Å². The van der Waals surface area contributed by atoms with Crippen LogP contribution in [0.3, 0.4) is 0 Å². The molecule has 1 aromatic heterocycles. The molecule has 0 spiro atoms. The molecule has 2 aromatic carbocycles. The van der Waals surface area contributed by atoms with E-state index in [9.17, 15) is 34.2 Å². The van der Waals surface area contributed by atoms with Crippen molar-refractivity contribution in [2.75, 3.05) is 6.54 Å². The fourth-order valence-corrected chi connectivity index (χ4v) is 4.84. The number of nitrogens with one attached hydrogen (secondary N) is 4. The number of carboxylic acid groups (broad SMARTS) is 1. The predicted octanol–water partition coefficient (Wildman–Crippen LogP) is -0.0805. The Balaban J connectivity index is 1.72. The van der Waals surface area contributed by atoms with Crippen molar-refractivity contribution in [3.05, 3.63) is 65.9 Å². The van der Waals surface area contributed by atoms with Gasteiger partial charge in [-0.25, -0.2) is 4.79 Å². The van der Waals surface area contributed by atoms with Crippen molar-refractivity contribution >= 4 is 40.5 Å². The minimum absolute atomic E-state index is 0.00378. The molecular weight excluding hydrogens is 582 g/mol. The van der Waals surface area contributed by atoms with Gasteiger partial charge in [0.25, 0.3) is 0 Å². The standard InChI is InChI=1S/C31H41N7O7/c32-14-4-3-7-24(36-28(41)22(33)16-19-17-35-23-6-2-1-5-21(19)23)29(42)37-25(12-13-27(34)40)30(43)38-26(31(44)45)15-18-8-10-20(39)11-9-18/h1-2,5-6,8-11,17,22,24-26,35,39H,3-4,7,12-16,32-33H2,(H2,34,40)(H,36,41)(H,37,42)(H,38,43)(H,44,45). The molecular formula is C31H41N7O7. The monoisotopic (exact) mass is 623 g/mol. The number of rotatable bonds is 18. The van der Waals surface area contributed by atoms with Crippen LogP contribution in [0, 0.1) is 0 Å². The number of phenolic OH excluding ortho intramolecular Hbond substituents is 1. The number of carbonyl (C=O) groups is 5. The molecule has 4 atom stereocenters. The molecule has 0 bridgehead atoms. The van der Waals surface area contributed by atoms with Crippen LogP contribution in [-0.2, 0) is 36.8 Å². The Morgan fingerprint density at radius 2 is 1.42 bits per heavy atom. The summed E-state index contributed by atoms with van der Waals surface area (Å²) < 4.78 is 0. The third-order valence-corrected chi connectivity index (χ3v) is 7.33. The molecule has 242 valence electrons. The van der Waals surface area contributed by atoms with Crippen LogP contribution in [-0.4, -0.2) is 75.5 Å². The number of benzene rings is 2. The van der Waals surface area contributed by atoms with Gasteiger partial charge in [-0.05, 0) is 68.0 Å². The molecule has 4 unspecified atom stereocenters. The Labute approximate surface area is 260 Å². The summed E-state index contributed by atoms with van der Waals surface area (Å²) in [6.45, 7) is 0.365. The number of carboxylic acids is 1. The average Bonchev–Trinajstić information content (AvgIpc) is 3.41. The third kappa shape index (κ3) is 10.6. The summed E-state index contributed by atoms with van der Waals surface area (Å²) in [6, 6.07) is 8.59. The Morgan fingerprint density at radius 1 is 0.800 bits per heavy atom. The highest BCUT2D eigenvalue weighted by Crippen LogP contribution is 2.19. The van der Waals surface area contributed by atoms with Crippen LogP contribution in [0.15, 0.2) is 54.7 Å². The average molecular weight is 624 g/mol. The van der Waals surface area contributed by atoms with Crippen LogP contribution in [0.4, 0.5) is 0 Å². The van der Waals surface area contributed by atoms with Crippen molar-refractivity contribution in [1.29, 1.82) is 0 Å². The second-order valence-electron chi connectivity index (χ2n) is 10.9. The summed E-state index contributed by atoms with van der Waals surface area (Å²) in [5.41, 5.74) is 19.4. The van der Waals surface area contributed by atoms with E-state index in [0.717, 1.165) is 16.5 Å². The van der Waals surface area contributed by atoms with Gasteiger partial charge in [-0.3, -0.25) is 19.2 Å². The lowest BCUT2D eigenvalue weighted by atomic mass is 10.0. The lowest BCUT2D eigenvalue weighted by molar-refractivity contribution is -0.142. The van der Waals surface area contributed by atoms with Gasteiger partial charge >= 0.3 is 5.97 Å². The van der Waals surface area contributed by atoms with Gasteiger partial charge in [-0.15, -0.1) is 0 Å². The number of carbonyl (C=O) groups excluding carboxylic acids is 4. The summed E-state index contributed by atoms with van der Waals surface area (Å²) in [7, 11) is 0. The minimum Gasteiger partial charge on any atom is -0.508 e. The number of hydrogen-bond donors (Lipinski definition) is 9. The van der Waals surface area contributed by atoms with Crippen LogP contribution in [0.2, 0.25) is 0 Å². The quantitative estimate of drug-likeness (QED) is 0.0857. The molecule has 4 amide bonds. The van der Waals surface area contributed by atoms with Gasteiger partial charge in [0, 0.05) is 29.9 Å². The number of aliphatic carboxylic acids is 1. The molecule has 3 rings (SSSR count). The Bertz CT molecular complexity index is 1470. The number of phenols is 1. The first-order valence-corrected chi connectivity index (χ1v) is 14.7. The molecule has 0 aliphatic heterocycles. The van der Waals surface area contributed by atoms with Gasteiger partial charge in [-0.1, -0.05) is 30.3 Å². The third-order valence-electron chi connectivity index (χ3n) is 7.33. The van der Waals surface area contributed by atoms with Crippen LogP contribution in [0.1, 0.15) is 43.2 Å². The fraction of sp³-hybridized carbons (Fsp3) is 0.387. The molecule has 0 aliphatic rings. The molecule has 0 radical (unpaired) electrons. The first-order valence-electron chi connectivity index (χ1n) is 14.7. The van der Waals surface area contributed by atoms with E-state index in [2.05, 4.69) is 20.9 Å². The second-order valence-corrected chi connectivity index (χ2v) is 10.9. The highest BCUT2D eigenvalue weighted by Gasteiger charge is 2.30. The molecule has 0 aliphatic carbocycles. The van der Waals surface area contributed by atoms with Gasteiger partial charge < -0.3 is 48.3 Å². The number of H-pyrrole nitrogens is 1. The van der Waals surface area contributed by atoms with Crippen molar-refractivity contribution in [2.45, 2.75) is 69.1 Å². The molecule has 45 heavy (non-hydrogen) atoms. The van der Waals surface area contributed by atoms with Gasteiger partial charge in [0.2, 0.25) is 23.6 Å². The van der Waals surface area contributed by atoms with E-state index in [4.69, 9.17) is 17.2 Å². The van der Waals surface area contributed by atoms with Gasteiger partial charge in [-0.2, -0.15) is 0 Å². The fourth-order valence-electron chi connectivity index (χ4n) is 4.84. The Morgan fingerprint density at radius 3 is 2.07 bits per heavy atom. The van der Waals surface area contributed by atoms with E-state index in [0.29, 0.717) is 24.9 Å². The van der Waals surface area contributed by atoms with Crippen molar-refractivity contribution in [2.24, 2.45) is 17.2 Å². The predicted molar refractivity (Wildman–Crippen MR) is 167 cm³/mol. The van der Waals surface area contributed by atoms with Crippen LogP contribution in [0.25, 0.3) is 10.9 Å². The summed E-state index contributed by atoms with van der Waals surface area (Å²) in [6.07, 6.45) is 2.64. The number of aromatic amines is 1. The zero-order valence-corrected chi connectivity index (χ0v) is 24.8. The Hall–Kier alpha value is -4.95. The summed E-state index contributed by atoms with van der Waals surface area (Å²) in [5.74, 6) is -4.19. The van der Waals surface area contributed by atoms with E-state index in [1.165, 1.54) is 24.3 Å². The van der Waals surface area contributed by atoms with Crippen molar-refractivity contribution in [1.82, 2.24) is 20.9 Å². The zero-order valence-electron chi connectivity index (χ0n) is 24.8. The maximum atomic E-state index is 13.5. The number of fused-ring (bicyclic) bond motifs is 1. The van der Waals surface area contributed by atoms with Gasteiger partial charge in [0.1, 0.15) is 23.9 Å². The topological polar surface area (TPSA) is 256 Å². The summed E-state index contributed by atoms with van der Waals surface area (Å²) in [4.78, 5) is 66.4. The number of aromatic nitrogens is 1. The highest BCUT2D eigenvalue weighted by molar-refractivity contribution is 5.94. The van der Waals surface area contributed by atoms with E-state index < -0.39 is 53.8 Å². The number of aromatic hydroxyl groups is 1. The van der Waals surface area contributed by atoms with Crippen LogP contribution < -0.4 is 33.2 Å². The summed E-state index contributed by atoms with van der Waals surface area (Å²) >= 11 is 0. The second kappa shape index (κ2) is 16.8. The number of primary amides is 1. The lowest BCUT2D eigenvalue weighted by Crippen LogP contribution is -2.57. The lowest BCUT2D eigenvalue weighted by Gasteiger charge is -2.25. The maximum absolute atomic E-state index is 13.5. The molecule has 0 saturated heterocycles. The molecule has 0 fully saturated rings. The van der Waals surface area contributed by atoms with Crippen molar-refractivity contribution in [3.8, 4) is 5.75 Å². The molecule has 0 saturated carbocycles. The Kier molecular flexibility index (Phi) is 12.9. The minimum atomic E-state index is -1.38. The largest absolute Gasteiger partial charge is 0.508 e. The van der Waals surface area contributed by atoms with Gasteiger partial charge in [0.05, 0.1) is 6.04 Å². The molecule has 1 heterocycles. The first kappa shape index (κ1) is 34.5. The van der Waals surface area contributed by atoms with E-state index >= 15 is 0 Å². The summed E-state index contributed by atoms with van der Waals surface area (Å²) in [5, 5.41) is 27.8. The first-order chi connectivity index (χ1) is 21.5. The number of para-hydroxylation sites is 1. The normalized spacial score (nSPS) is 13.7. The smallest absolute Gasteiger partial charge is 0.326 e. The molecule has 14 heteroatoms. The number of hydrogen-bond acceptors (Lipinski definition) is 8. The molecule has 12 N–H and O–H groups in total. The van der Waals surface area contributed by atoms with Crippen molar-refractivity contribution in [3.63, 3.8) is 0 Å². The SMILES string of the molecule is NCCCCC(NC(=O)C(N)Cc1c[nH]c2ccccc12)C(=O)NC(CCC(N)=O)C(=O)NC(Cc1ccc(O)cc1)C(=O)O. The van der Waals surface area contributed by atoms with E-state index in [1.54, 1.807) is 6.20 Å². The van der Waals surface area contributed by atoms with E-state index in [-0.39, 0.29) is 37.9 Å². The number of amides is 4. The van der Waals surface area contributed by atoms with Crippen molar-refractivity contribution < 1.29 is 34.2 Å². The maximum Gasteiger partial charge on any atom is 0.326 e. The van der Waals surface area contributed by atoms with Crippen LogP contribution in [0.5, 0.6) is 5.75 Å². The van der Waals surface area contributed by atoms with Crippen LogP contribution >= 0.6 is 0 Å². The number of nitrogens with two attached hydrogens (primary N) is 3. The number of unbranched alkanes of at least 4 members (excludes halogenated alkanes) is 1. The zero-order chi connectivity index (χ0) is 32.9. The highest BCUT2D eigenvalue weighted by atomic mass is 16.4. The molecule has 3 aromatic rings. The molecule has 14 nitrogen and oxygen atoms in total.